The van der Waals surface area contributed by atoms with Crippen LogP contribution in [0.15, 0.2) is 73.3 Å². The number of nitrogens with one attached hydrogen (secondary N) is 1. The molecule has 0 atom stereocenters. The number of carbonyl (C=O) groups excluding carboxylic acids is 1. The first kappa shape index (κ1) is 21.1. The zero-order chi connectivity index (χ0) is 23.8. The largest absolute Gasteiger partial charge is 0.345 e. The zero-order valence-electron chi connectivity index (χ0n) is 19.4. The highest BCUT2D eigenvalue weighted by atomic mass is 16.2. The van der Waals surface area contributed by atoms with Crippen molar-refractivity contribution in [3.8, 4) is 23.0 Å². The molecule has 2 aromatic carbocycles. The van der Waals surface area contributed by atoms with Crippen LogP contribution < -0.4 is 0 Å². The Bertz CT molecular complexity index is 1590. The highest BCUT2D eigenvalue weighted by Crippen LogP contribution is 2.22. The van der Waals surface area contributed by atoms with E-state index in [1.807, 2.05) is 70.1 Å². The fourth-order valence-corrected chi connectivity index (χ4v) is 4.39. The Kier molecular flexibility index (Phi) is 5.28. The Labute approximate surface area is 203 Å². The lowest BCUT2D eigenvalue weighted by atomic mass is 10.0. The monoisotopic (exact) mass is 460 g/mol. The maximum atomic E-state index is 12.9. The normalized spacial score (nSPS) is 14.3. The van der Waals surface area contributed by atoms with Crippen LogP contribution in [0, 0.1) is 11.8 Å². The Hall–Kier alpha value is -4.41. The van der Waals surface area contributed by atoms with E-state index in [0.29, 0.717) is 0 Å². The summed E-state index contributed by atoms with van der Waals surface area (Å²) in [6, 6.07) is 17.8. The summed E-state index contributed by atoms with van der Waals surface area (Å²) in [6.45, 7) is 3.37. The summed E-state index contributed by atoms with van der Waals surface area (Å²) >= 11 is 0. The quantitative estimate of drug-likeness (QED) is 0.408. The number of fused-ring (bicyclic) bond motifs is 2. The van der Waals surface area contributed by atoms with Gasteiger partial charge in [-0.1, -0.05) is 18.1 Å². The van der Waals surface area contributed by atoms with Crippen LogP contribution in [0.1, 0.15) is 21.6 Å². The second-order valence-corrected chi connectivity index (χ2v) is 8.85. The maximum Gasteiger partial charge on any atom is 0.253 e. The van der Waals surface area contributed by atoms with Crippen LogP contribution in [0.2, 0.25) is 0 Å². The topological polar surface area (TPSA) is 69.5 Å². The minimum Gasteiger partial charge on any atom is -0.345 e. The predicted molar refractivity (Wildman–Crippen MR) is 136 cm³/mol. The van der Waals surface area contributed by atoms with E-state index in [0.717, 1.165) is 70.8 Å². The van der Waals surface area contributed by atoms with Crippen molar-refractivity contribution in [2.75, 3.05) is 33.2 Å². The molecule has 1 N–H and O–H groups in total. The summed E-state index contributed by atoms with van der Waals surface area (Å²) in [5.41, 5.74) is 7.25. The molecule has 0 saturated carbocycles. The molecule has 7 heteroatoms. The van der Waals surface area contributed by atoms with E-state index < -0.39 is 0 Å². The molecule has 1 aliphatic rings. The number of rotatable bonds is 2. The van der Waals surface area contributed by atoms with Gasteiger partial charge in [0.1, 0.15) is 11.3 Å². The van der Waals surface area contributed by atoms with Crippen molar-refractivity contribution in [1.82, 2.24) is 29.2 Å². The van der Waals surface area contributed by atoms with Gasteiger partial charge in [-0.2, -0.15) is 0 Å². The second-order valence-electron chi connectivity index (χ2n) is 8.85. The van der Waals surface area contributed by atoms with Crippen LogP contribution in [0.25, 0.3) is 27.8 Å². The molecule has 35 heavy (non-hydrogen) atoms. The molecule has 0 spiro atoms. The van der Waals surface area contributed by atoms with Crippen molar-refractivity contribution in [2.45, 2.75) is 0 Å². The van der Waals surface area contributed by atoms with Crippen molar-refractivity contribution >= 4 is 22.6 Å². The Morgan fingerprint density at radius 2 is 1.71 bits per heavy atom. The highest BCUT2D eigenvalue weighted by molar-refractivity contribution is 5.94. The van der Waals surface area contributed by atoms with Crippen molar-refractivity contribution in [2.24, 2.45) is 0 Å². The summed E-state index contributed by atoms with van der Waals surface area (Å²) in [5.74, 6) is 6.57. The number of carbonyl (C=O) groups is 1. The van der Waals surface area contributed by atoms with Gasteiger partial charge in [0.25, 0.3) is 5.91 Å². The number of likely N-dealkylation sites (N-methyl/N-ethyl adjacent to an activating group) is 1. The lowest BCUT2D eigenvalue weighted by molar-refractivity contribution is 0.0664. The van der Waals surface area contributed by atoms with Crippen LogP contribution in [0.3, 0.4) is 0 Å². The number of imidazole rings is 2. The van der Waals surface area contributed by atoms with Crippen molar-refractivity contribution in [1.29, 1.82) is 0 Å². The minimum atomic E-state index is 0.0978. The van der Waals surface area contributed by atoms with E-state index in [9.17, 15) is 4.79 Å². The molecule has 172 valence electrons. The first-order valence-corrected chi connectivity index (χ1v) is 11.6. The Morgan fingerprint density at radius 1 is 0.914 bits per heavy atom. The third kappa shape index (κ3) is 4.16. The third-order valence-electron chi connectivity index (χ3n) is 6.52. The van der Waals surface area contributed by atoms with Crippen LogP contribution in [-0.4, -0.2) is 68.3 Å². The number of aromatic nitrogens is 4. The number of aromatic amines is 1. The van der Waals surface area contributed by atoms with Gasteiger partial charge in [-0.05, 0) is 66.6 Å². The number of H-pyrrole nitrogens is 1. The molecule has 0 bridgehead atoms. The van der Waals surface area contributed by atoms with E-state index in [2.05, 4.69) is 38.7 Å². The Morgan fingerprint density at radius 3 is 2.54 bits per heavy atom. The van der Waals surface area contributed by atoms with Gasteiger partial charge in [0.05, 0.1) is 23.6 Å². The molecule has 1 saturated heterocycles. The van der Waals surface area contributed by atoms with Gasteiger partial charge in [-0.15, -0.1) is 0 Å². The number of amides is 1. The van der Waals surface area contributed by atoms with Gasteiger partial charge in [0.2, 0.25) is 0 Å². The Balaban J connectivity index is 1.25. The molecule has 7 nitrogen and oxygen atoms in total. The lowest BCUT2D eigenvalue weighted by Gasteiger charge is -2.32. The van der Waals surface area contributed by atoms with Crippen LogP contribution in [0.4, 0.5) is 0 Å². The van der Waals surface area contributed by atoms with Gasteiger partial charge < -0.3 is 14.8 Å². The minimum absolute atomic E-state index is 0.0978. The smallest absolute Gasteiger partial charge is 0.253 e. The number of nitrogens with zero attached hydrogens (tertiary/aromatic N) is 5. The van der Waals surface area contributed by atoms with E-state index in [4.69, 9.17) is 0 Å². The molecular formula is C28H24N6O. The first-order chi connectivity index (χ1) is 17.1. The summed E-state index contributed by atoms with van der Waals surface area (Å²) in [4.78, 5) is 28.9. The second kappa shape index (κ2) is 8.75. The molecule has 1 amide bonds. The molecule has 0 radical (unpaired) electrons. The van der Waals surface area contributed by atoms with Crippen molar-refractivity contribution in [3.63, 3.8) is 0 Å². The van der Waals surface area contributed by atoms with E-state index in [1.165, 1.54) is 0 Å². The SMILES string of the molecule is CN1CCN(C(=O)c2ccc(-c3ccc4ncc(C#Cc5ccc6nc[nH]c6c5)n4c3)cc2)CC1. The molecule has 6 rings (SSSR count). The predicted octanol–water partition coefficient (Wildman–Crippen LogP) is 3.67. The molecule has 1 aliphatic heterocycles. The fraction of sp³-hybridized carbons (Fsp3) is 0.179. The van der Waals surface area contributed by atoms with Gasteiger partial charge in [0.15, 0.2) is 0 Å². The van der Waals surface area contributed by atoms with E-state index in [1.54, 1.807) is 12.5 Å². The average Bonchev–Trinajstić information content (AvgIpc) is 3.53. The van der Waals surface area contributed by atoms with E-state index >= 15 is 0 Å². The molecule has 5 aromatic rings. The van der Waals surface area contributed by atoms with Gasteiger partial charge >= 0.3 is 0 Å². The third-order valence-corrected chi connectivity index (χ3v) is 6.52. The fourth-order valence-electron chi connectivity index (χ4n) is 4.39. The zero-order valence-corrected chi connectivity index (χ0v) is 19.4. The van der Waals surface area contributed by atoms with Gasteiger partial charge in [-0.3, -0.25) is 9.20 Å². The van der Waals surface area contributed by atoms with Gasteiger partial charge in [-0.25, -0.2) is 9.97 Å². The lowest BCUT2D eigenvalue weighted by Crippen LogP contribution is -2.47. The molecule has 1 fully saturated rings. The summed E-state index contributed by atoms with van der Waals surface area (Å²) in [7, 11) is 2.09. The number of pyridine rings is 1. The first-order valence-electron chi connectivity index (χ1n) is 11.6. The summed E-state index contributed by atoms with van der Waals surface area (Å²) < 4.78 is 2.00. The summed E-state index contributed by atoms with van der Waals surface area (Å²) in [6.07, 6.45) is 5.52. The summed E-state index contributed by atoms with van der Waals surface area (Å²) in [5, 5.41) is 0. The van der Waals surface area contributed by atoms with Gasteiger partial charge in [0, 0.05) is 43.5 Å². The number of piperazine rings is 1. The molecule has 0 aliphatic carbocycles. The van der Waals surface area contributed by atoms with E-state index in [-0.39, 0.29) is 5.91 Å². The van der Waals surface area contributed by atoms with Crippen molar-refractivity contribution < 1.29 is 4.79 Å². The van der Waals surface area contributed by atoms with Crippen LogP contribution in [0.5, 0.6) is 0 Å². The molecule has 3 aromatic heterocycles. The van der Waals surface area contributed by atoms with Crippen LogP contribution in [-0.2, 0) is 0 Å². The molecule has 0 unspecified atom stereocenters. The maximum absolute atomic E-state index is 12.9. The average molecular weight is 461 g/mol. The number of hydrogen-bond donors (Lipinski definition) is 1. The molecular weight excluding hydrogens is 436 g/mol. The highest BCUT2D eigenvalue weighted by Gasteiger charge is 2.20. The van der Waals surface area contributed by atoms with Crippen LogP contribution >= 0.6 is 0 Å². The standard InChI is InChI=1S/C28H24N6O/c1-32-12-14-33(15-13-32)28(35)22-6-4-21(5-7-22)23-8-11-27-29-17-24(34(27)18-23)9-2-20-3-10-25-26(16-20)31-19-30-25/h3-8,10-11,16-19H,12-15H2,1H3,(H,30,31). The van der Waals surface area contributed by atoms with Crippen molar-refractivity contribution in [3.05, 3.63) is 90.1 Å². The number of benzene rings is 2. The molecule has 4 heterocycles. The number of hydrogen-bond acceptors (Lipinski definition) is 4.